The van der Waals surface area contributed by atoms with Crippen LogP contribution >= 0.6 is 0 Å². The molecule has 22 heavy (non-hydrogen) atoms. The normalized spacial score (nSPS) is 10.7. The number of aliphatic hydroxyl groups excluding tert-OH is 2. The molecule has 0 bridgehead atoms. The first-order valence-electron chi connectivity index (χ1n) is 7.08. The lowest BCUT2D eigenvalue weighted by molar-refractivity contribution is 0.248. The molecule has 0 amide bonds. The molecule has 0 aromatic carbocycles. The molecule has 2 aromatic heterocycles. The molecule has 7 nitrogen and oxygen atoms in total. The smallest absolute Gasteiger partial charge is 0.143 e. The minimum absolute atomic E-state index is 0.0108. The minimum Gasteiger partial charge on any atom is -0.396 e. The zero-order chi connectivity index (χ0) is 15.9. The van der Waals surface area contributed by atoms with Crippen LogP contribution in [0.1, 0.15) is 18.5 Å². The highest BCUT2D eigenvalue weighted by Gasteiger charge is 2.13. The summed E-state index contributed by atoms with van der Waals surface area (Å²) in [5.74, 6) is 1.25. The summed E-state index contributed by atoms with van der Waals surface area (Å²) in [7, 11) is 1.78. The van der Waals surface area contributed by atoms with E-state index in [2.05, 4.69) is 20.6 Å². The first-order valence-corrected chi connectivity index (χ1v) is 7.08. The third-order valence-corrected chi connectivity index (χ3v) is 3.38. The second-order valence-electron chi connectivity index (χ2n) is 4.87. The van der Waals surface area contributed by atoms with E-state index in [0.717, 1.165) is 10.8 Å². The van der Waals surface area contributed by atoms with Gasteiger partial charge in [0.05, 0.1) is 0 Å². The van der Waals surface area contributed by atoms with Gasteiger partial charge in [-0.3, -0.25) is 0 Å². The lowest BCUT2D eigenvalue weighted by Crippen LogP contribution is -2.23. The topological polar surface area (TPSA) is 114 Å². The standard InChI is InChI=1S/C15H19N5O2/c1-17-14-7-13-10(9-18-14)6-12(8-16)20-15(13)19-11(2-4-21)3-5-22/h6-7,9,11,21-22H,2-5H2,1H3,(H,17,18)(H,19,20). The zero-order valence-electron chi connectivity index (χ0n) is 12.4. The summed E-state index contributed by atoms with van der Waals surface area (Å²) in [6.07, 6.45) is 2.66. The van der Waals surface area contributed by atoms with Gasteiger partial charge in [0.15, 0.2) is 0 Å². The number of hydrogen-bond acceptors (Lipinski definition) is 7. The largest absolute Gasteiger partial charge is 0.396 e. The van der Waals surface area contributed by atoms with Crippen LogP contribution in [0, 0.1) is 11.3 Å². The Hall–Kier alpha value is -2.43. The number of aliphatic hydroxyl groups is 2. The third kappa shape index (κ3) is 3.61. The maximum Gasteiger partial charge on any atom is 0.143 e. The van der Waals surface area contributed by atoms with Crippen molar-refractivity contribution in [2.24, 2.45) is 0 Å². The number of anilines is 2. The van der Waals surface area contributed by atoms with Crippen LogP contribution in [-0.2, 0) is 0 Å². The Labute approximate surface area is 128 Å². The van der Waals surface area contributed by atoms with Gasteiger partial charge in [-0.1, -0.05) is 0 Å². The maximum atomic E-state index is 9.12. The van der Waals surface area contributed by atoms with E-state index in [1.165, 1.54) is 0 Å². The predicted octanol–water partition coefficient (Wildman–Crippen LogP) is 1.09. The van der Waals surface area contributed by atoms with Crippen LogP contribution < -0.4 is 10.6 Å². The van der Waals surface area contributed by atoms with Gasteiger partial charge >= 0.3 is 0 Å². The van der Waals surface area contributed by atoms with Crippen molar-refractivity contribution in [3.63, 3.8) is 0 Å². The van der Waals surface area contributed by atoms with Crippen molar-refractivity contribution < 1.29 is 10.2 Å². The molecule has 0 aliphatic heterocycles. The number of aromatic nitrogens is 2. The Morgan fingerprint density at radius 2 is 2.00 bits per heavy atom. The van der Waals surface area contributed by atoms with Crippen molar-refractivity contribution in [2.75, 3.05) is 30.9 Å². The van der Waals surface area contributed by atoms with E-state index in [1.807, 2.05) is 12.1 Å². The van der Waals surface area contributed by atoms with E-state index in [9.17, 15) is 0 Å². The van der Waals surface area contributed by atoms with E-state index in [4.69, 9.17) is 15.5 Å². The van der Waals surface area contributed by atoms with E-state index in [0.29, 0.717) is 30.2 Å². The number of rotatable bonds is 7. The highest BCUT2D eigenvalue weighted by Crippen LogP contribution is 2.25. The van der Waals surface area contributed by atoms with E-state index in [1.54, 1.807) is 19.3 Å². The summed E-state index contributed by atoms with van der Waals surface area (Å²) in [4.78, 5) is 8.55. The molecule has 2 rings (SSSR count). The second kappa shape index (κ2) is 7.54. The zero-order valence-corrected chi connectivity index (χ0v) is 12.4. The van der Waals surface area contributed by atoms with Crippen molar-refractivity contribution in [1.82, 2.24) is 9.97 Å². The highest BCUT2D eigenvalue weighted by molar-refractivity contribution is 5.93. The van der Waals surface area contributed by atoms with Crippen LogP contribution in [0.5, 0.6) is 0 Å². The van der Waals surface area contributed by atoms with Crippen LogP contribution in [0.3, 0.4) is 0 Å². The Bertz CT molecular complexity index is 677. The van der Waals surface area contributed by atoms with Crippen LogP contribution in [-0.4, -0.2) is 46.5 Å². The first-order chi connectivity index (χ1) is 10.7. The summed E-state index contributed by atoms with van der Waals surface area (Å²) in [5, 5.41) is 35.2. The fourth-order valence-corrected chi connectivity index (χ4v) is 2.24. The molecule has 116 valence electrons. The van der Waals surface area contributed by atoms with Crippen molar-refractivity contribution in [3.8, 4) is 6.07 Å². The number of nitrogens with one attached hydrogen (secondary N) is 2. The van der Waals surface area contributed by atoms with Crippen molar-refractivity contribution in [1.29, 1.82) is 5.26 Å². The average Bonchev–Trinajstić information content (AvgIpc) is 2.54. The summed E-state index contributed by atoms with van der Waals surface area (Å²) >= 11 is 0. The molecule has 0 saturated carbocycles. The summed E-state index contributed by atoms with van der Waals surface area (Å²) in [6.45, 7) is 0.0215. The van der Waals surface area contributed by atoms with Crippen LogP contribution in [0.15, 0.2) is 18.3 Å². The lowest BCUT2D eigenvalue weighted by atomic mass is 10.1. The molecular formula is C15H19N5O2. The molecular weight excluding hydrogens is 282 g/mol. The molecule has 0 spiro atoms. The molecule has 0 unspecified atom stereocenters. The molecule has 2 aromatic rings. The van der Waals surface area contributed by atoms with E-state index >= 15 is 0 Å². The molecule has 0 atom stereocenters. The third-order valence-electron chi connectivity index (χ3n) is 3.38. The molecule has 4 N–H and O–H groups in total. The second-order valence-corrected chi connectivity index (χ2v) is 4.87. The quantitative estimate of drug-likeness (QED) is 0.605. The van der Waals surface area contributed by atoms with Gasteiger partial charge < -0.3 is 20.8 Å². The van der Waals surface area contributed by atoms with Gasteiger partial charge in [0.2, 0.25) is 0 Å². The summed E-state index contributed by atoms with van der Waals surface area (Å²) in [6, 6.07) is 5.44. The first kappa shape index (κ1) is 15.9. The molecule has 2 heterocycles. The van der Waals surface area contributed by atoms with Gasteiger partial charge in [0.25, 0.3) is 0 Å². The lowest BCUT2D eigenvalue weighted by Gasteiger charge is -2.19. The average molecular weight is 301 g/mol. The van der Waals surface area contributed by atoms with Gasteiger partial charge in [0.1, 0.15) is 23.4 Å². The fraction of sp³-hybridized carbons (Fsp3) is 0.400. The maximum absolute atomic E-state index is 9.12. The Balaban J connectivity index is 2.46. The summed E-state index contributed by atoms with van der Waals surface area (Å²) in [5.41, 5.74) is 0.292. The number of nitriles is 1. The highest BCUT2D eigenvalue weighted by atomic mass is 16.3. The summed E-state index contributed by atoms with van der Waals surface area (Å²) < 4.78 is 0. The van der Waals surface area contributed by atoms with Gasteiger partial charge in [0, 0.05) is 43.3 Å². The molecule has 0 fully saturated rings. The number of hydrogen-bond donors (Lipinski definition) is 4. The van der Waals surface area contributed by atoms with Crippen LogP contribution in [0.4, 0.5) is 11.6 Å². The SMILES string of the molecule is CNc1cc2c(NC(CCO)CCO)nc(C#N)cc2cn1. The van der Waals surface area contributed by atoms with E-state index in [-0.39, 0.29) is 19.3 Å². The van der Waals surface area contributed by atoms with Crippen LogP contribution in [0.25, 0.3) is 10.8 Å². The van der Waals surface area contributed by atoms with Gasteiger partial charge in [-0.25, -0.2) is 9.97 Å². The molecule has 7 heteroatoms. The molecule has 0 aliphatic rings. The molecule has 0 radical (unpaired) electrons. The van der Waals surface area contributed by atoms with E-state index < -0.39 is 0 Å². The van der Waals surface area contributed by atoms with Crippen molar-refractivity contribution >= 4 is 22.4 Å². The van der Waals surface area contributed by atoms with Crippen LogP contribution in [0.2, 0.25) is 0 Å². The van der Waals surface area contributed by atoms with Gasteiger partial charge in [-0.15, -0.1) is 0 Å². The number of nitrogens with zero attached hydrogens (tertiary/aromatic N) is 3. The molecule has 0 aliphatic carbocycles. The Kier molecular flexibility index (Phi) is 5.47. The predicted molar refractivity (Wildman–Crippen MR) is 84.6 cm³/mol. The Morgan fingerprint density at radius 1 is 1.27 bits per heavy atom. The Morgan fingerprint density at radius 3 is 2.59 bits per heavy atom. The van der Waals surface area contributed by atoms with Gasteiger partial charge in [-0.05, 0) is 25.0 Å². The number of pyridine rings is 2. The number of fused-ring (bicyclic) bond motifs is 1. The minimum atomic E-state index is -0.120. The molecule has 0 saturated heterocycles. The monoisotopic (exact) mass is 301 g/mol. The van der Waals surface area contributed by atoms with Crippen molar-refractivity contribution in [3.05, 3.63) is 24.0 Å². The van der Waals surface area contributed by atoms with Gasteiger partial charge in [-0.2, -0.15) is 5.26 Å². The fourth-order valence-electron chi connectivity index (χ4n) is 2.24. The van der Waals surface area contributed by atoms with Crippen molar-refractivity contribution in [2.45, 2.75) is 18.9 Å².